The van der Waals surface area contributed by atoms with E-state index in [-0.39, 0.29) is 5.91 Å². The largest absolute Gasteiger partial charge is 0.339 e. The second-order valence-electron chi connectivity index (χ2n) is 4.50. The van der Waals surface area contributed by atoms with Gasteiger partial charge in [0.25, 0.3) is 5.91 Å². The summed E-state index contributed by atoms with van der Waals surface area (Å²) in [6.45, 7) is 1.93. The second kappa shape index (κ2) is 6.04. The molecule has 0 atom stereocenters. The summed E-state index contributed by atoms with van der Waals surface area (Å²) in [7, 11) is 1.86. The van der Waals surface area contributed by atoms with E-state index in [1.54, 1.807) is 6.07 Å². The van der Waals surface area contributed by atoms with Crippen molar-refractivity contribution in [3.8, 4) is 0 Å². The number of hydrogen-bond acceptors (Lipinski definition) is 2. The van der Waals surface area contributed by atoms with Crippen LogP contribution in [0.2, 0.25) is 5.02 Å². The topological polar surface area (TPSA) is 32.3 Å². The molecule has 2 rings (SSSR count). The lowest BCUT2D eigenvalue weighted by Crippen LogP contribution is -2.44. The molecule has 0 aromatic heterocycles. The van der Waals surface area contributed by atoms with Gasteiger partial charge in [-0.25, -0.2) is 0 Å². The fraction of sp³-hybridized carbons (Fsp3) is 0.462. The summed E-state index contributed by atoms with van der Waals surface area (Å²) >= 11 is 9.51. The number of benzene rings is 1. The van der Waals surface area contributed by atoms with Gasteiger partial charge in [-0.3, -0.25) is 4.79 Å². The maximum atomic E-state index is 12.4. The van der Waals surface area contributed by atoms with Crippen molar-refractivity contribution >= 4 is 33.4 Å². The molecule has 1 aliphatic rings. The maximum absolute atomic E-state index is 12.4. The van der Waals surface area contributed by atoms with Crippen LogP contribution in [0.4, 0.5) is 0 Å². The van der Waals surface area contributed by atoms with Gasteiger partial charge >= 0.3 is 0 Å². The Morgan fingerprint density at radius 2 is 2.11 bits per heavy atom. The first-order chi connectivity index (χ1) is 8.61. The summed E-state index contributed by atoms with van der Waals surface area (Å²) in [5, 5.41) is 3.79. The van der Waals surface area contributed by atoms with E-state index in [2.05, 4.69) is 21.2 Å². The monoisotopic (exact) mass is 330 g/mol. The molecule has 0 saturated carbocycles. The molecule has 1 N–H and O–H groups in total. The van der Waals surface area contributed by atoms with Crippen molar-refractivity contribution in [3.05, 3.63) is 33.3 Å². The number of halogens is 2. The number of rotatable bonds is 2. The van der Waals surface area contributed by atoms with Gasteiger partial charge in [0.2, 0.25) is 0 Å². The van der Waals surface area contributed by atoms with Crippen LogP contribution in [0.5, 0.6) is 0 Å². The molecular formula is C13H16BrClN2O. The predicted octanol–water partition coefficient (Wildman–Crippen LogP) is 2.93. The molecule has 3 nitrogen and oxygen atoms in total. The van der Waals surface area contributed by atoms with E-state index in [9.17, 15) is 4.79 Å². The highest BCUT2D eigenvalue weighted by molar-refractivity contribution is 9.10. The van der Waals surface area contributed by atoms with Crippen LogP contribution in [0.1, 0.15) is 23.2 Å². The Morgan fingerprint density at radius 1 is 1.44 bits per heavy atom. The van der Waals surface area contributed by atoms with Crippen LogP contribution in [-0.2, 0) is 0 Å². The number of amides is 1. The molecule has 1 saturated heterocycles. The SMILES string of the molecule is CN(C(=O)c1cccc(Br)c1Cl)C1CCNCC1. The van der Waals surface area contributed by atoms with Crippen molar-refractivity contribution in [1.29, 1.82) is 0 Å². The highest BCUT2D eigenvalue weighted by atomic mass is 79.9. The van der Waals surface area contributed by atoms with Gasteiger partial charge in [0.05, 0.1) is 10.6 Å². The van der Waals surface area contributed by atoms with Crippen LogP contribution in [0, 0.1) is 0 Å². The van der Waals surface area contributed by atoms with Crippen molar-refractivity contribution in [3.63, 3.8) is 0 Å². The average Bonchev–Trinajstić information content (AvgIpc) is 2.41. The van der Waals surface area contributed by atoms with E-state index < -0.39 is 0 Å². The van der Waals surface area contributed by atoms with E-state index in [4.69, 9.17) is 11.6 Å². The Labute approximate surface area is 121 Å². The molecule has 5 heteroatoms. The predicted molar refractivity (Wildman–Crippen MR) is 77.1 cm³/mol. The molecule has 1 aromatic rings. The van der Waals surface area contributed by atoms with Gasteiger partial charge in [-0.2, -0.15) is 0 Å². The zero-order valence-electron chi connectivity index (χ0n) is 10.2. The molecule has 1 aromatic carbocycles. The Morgan fingerprint density at radius 3 is 2.78 bits per heavy atom. The lowest BCUT2D eigenvalue weighted by atomic mass is 10.0. The first-order valence-corrected chi connectivity index (χ1v) is 7.20. The molecule has 18 heavy (non-hydrogen) atoms. The molecule has 0 radical (unpaired) electrons. The number of carbonyl (C=O) groups is 1. The summed E-state index contributed by atoms with van der Waals surface area (Å²) in [6.07, 6.45) is 1.99. The van der Waals surface area contributed by atoms with E-state index in [0.717, 1.165) is 30.4 Å². The van der Waals surface area contributed by atoms with Gasteiger partial charge in [-0.05, 0) is 54.0 Å². The number of nitrogens with one attached hydrogen (secondary N) is 1. The van der Waals surface area contributed by atoms with Crippen LogP contribution >= 0.6 is 27.5 Å². The van der Waals surface area contributed by atoms with Crippen molar-refractivity contribution in [2.45, 2.75) is 18.9 Å². The van der Waals surface area contributed by atoms with E-state index >= 15 is 0 Å². The van der Waals surface area contributed by atoms with E-state index in [1.807, 2.05) is 24.1 Å². The number of nitrogens with zero attached hydrogens (tertiary/aromatic N) is 1. The second-order valence-corrected chi connectivity index (χ2v) is 5.73. The average molecular weight is 332 g/mol. The van der Waals surface area contributed by atoms with Gasteiger partial charge in [0, 0.05) is 17.6 Å². The number of carbonyl (C=O) groups excluding carboxylic acids is 1. The molecule has 0 aliphatic carbocycles. The molecule has 1 aliphatic heterocycles. The van der Waals surface area contributed by atoms with Crippen molar-refractivity contribution in [2.24, 2.45) is 0 Å². The van der Waals surface area contributed by atoms with Crippen LogP contribution < -0.4 is 5.32 Å². The zero-order valence-corrected chi connectivity index (χ0v) is 12.6. The summed E-state index contributed by atoms with van der Waals surface area (Å²) in [6, 6.07) is 5.74. The quantitative estimate of drug-likeness (QED) is 0.904. The lowest BCUT2D eigenvalue weighted by Gasteiger charge is -2.32. The molecule has 1 fully saturated rings. The Kier molecular flexibility index (Phi) is 4.65. The molecule has 1 amide bonds. The maximum Gasteiger partial charge on any atom is 0.255 e. The van der Waals surface area contributed by atoms with Gasteiger partial charge in [-0.1, -0.05) is 17.7 Å². The number of piperidine rings is 1. The third-order valence-electron chi connectivity index (χ3n) is 3.36. The minimum Gasteiger partial charge on any atom is -0.339 e. The Hall–Kier alpha value is -0.580. The summed E-state index contributed by atoms with van der Waals surface area (Å²) in [4.78, 5) is 14.2. The Balaban J connectivity index is 2.17. The summed E-state index contributed by atoms with van der Waals surface area (Å²) in [5.74, 6) is -0.00630. The molecule has 0 bridgehead atoms. The summed E-state index contributed by atoms with van der Waals surface area (Å²) < 4.78 is 0.758. The van der Waals surface area contributed by atoms with Gasteiger partial charge in [0.15, 0.2) is 0 Å². The van der Waals surface area contributed by atoms with Crippen molar-refractivity contribution < 1.29 is 4.79 Å². The third-order valence-corrected chi connectivity index (χ3v) is 4.66. The molecule has 0 spiro atoms. The van der Waals surface area contributed by atoms with Crippen LogP contribution in [0.15, 0.2) is 22.7 Å². The minimum absolute atomic E-state index is 0.00630. The molecule has 1 heterocycles. The van der Waals surface area contributed by atoms with Crippen molar-refractivity contribution in [1.82, 2.24) is 10.2 Å². The summed E-state index contributed by atoms with van der Waals surface area (Å²) in [5.41, 5.74) is 0.562. The first kappa shape index (κ1) is 13.8. The van der Waals surface area contributed by atoms with Crippen LogP contribution in [0.25, 0.3) is 0 Å². The first-order valence-electron chi connectivity index (χ1n) is 6.03. The fourth-order valence-electron chi connectivity index (χ4n) is 2.22. The third kappa shape index (κ3) is 2.87. The normalized spacial score (nSPS) is 16.6. The smallest absolute Gasteiger partial charge is 0.255 e. The number of hydrogen-bond donors (Lipinski definition) is 1. The molecular weight excluding hydrogens is 316 g/mol. The van der Waals surface area contributed by atoms with Crippen molar-refractivity contribution in [2.75, 3.05) is 20.1 Å². The van der Waals surface area contributed by atoms with E-state index in [1.165, 1.54) is 0 Å². The van der Waals surface area contributed by atoms with Gasteiger partial charge in [0.1, 0.15) is 0 Å². The minimum atomic E-state index is -0.00630. The lowest BCUT2D eigenvalue weighted by molar-refractivity contribution is 0.0703. The van der Waals surface area contributed by atoms with E-state index in [0.29, 0.717) is 16.6 Å². The highest BCUT2D eigenvalue weighted by Gasteiger charge is 2.24. The fourth-order valence-corrected chi connectivity index (χ4v) is 2.79. The zero-order chi connectivity index (χ0) is 13.1. The van der Waals surface area contributed by atoms with Crippen LogP contribution in [0.3, 0.4) is 0 Å². The standard InChI is InChI=1S/C13H16BrClN2O/c1-17(9-5-7-16-8-6-9)13(18)10-3-2-4-11(14)12(10)15/h2-4,9,16H,5-8H2,1H3. The van der Waals surface area contributed by atoms with Gasteiger partial charge < -0.3 is 10.2 Å². The van der Waals surface area contributed by atoms with Crippen LogP contribution in [-0.4, -0.2) is 37.0 Å². The Bertz CT molecular complexity index is 447. The van der Waals surface area contributed by atoms with Gasteiger partial charge in [-0.15, -0.1) is 0 Å². The molecule has 0 unspecified atom stereocenters. The highest BCUT2D eigenvalue weighted by Crippen LogP contribution is 2.27. The molecule has 98 valence electrons.